The minimum atomic E-state index is -4.77. The van der Waals surface area contributed by atoms with Crippen molar-refractivity contribution in [1.29, 1.82) is 0 Å². The number of para-hydroxylation sites is 1. The summed E-state index contributed by atoms with van der Waals surface area (Å²) in [6, 6.07) is 25.0. The lowest BCUT2D eigenvalue weighted by Gasteiger charge is -2.44. The van der Waals surface area contributed by atoms with Crippen molar-refractivity contribution in [1.82, 2.24) is 5.01 Å². The van der Waals surface area contributed by atoms with E-state index >= 15 is 0 Å². The Bertz CT molecular complexity index is 1430. The van der Waals surface area contributed by atoms with Crippen molar-refractivity contribution < 1.29 is 35.9 Å². The molecule has 0 fully saturated rings. The Hall–Kier alpha value is -4.31. The molecule has 0 aromatic heterocycles. The second-order valence-electron chi connectivity index (χ2n) is 9.72. The largest absolute Gasteiger partial charge is 0.481 e. The number of amides is 1. The van der Waals surface area contributed by atoms with E-state index in [1.807, 2.05) is 0 Å². The van der Waals surface area contributed by atoms with E-state index in [1.165, 1.54) is 12.1 Å². The lowest BCUT2D eigenvalue weighted by molar-refractivity contribution is -0.145. The van der Waals surface area contributed by atoms with Gasteiger partial charge in [0.2, 0.25) is 0 Å². The molecule has 4 nitrogen and oxygen atoms in total. The Kier molecular flexibility index (Phi) is 8.96. The van der Waals surface area contributed by atoms with E-state index in [1.54, 1.807) is 67.6 Å². The summed E-state index contributed by atoms with van der Waals surface area (Å²) in [7, 11) is 0. The first-order valence-corrected chi connectivity index (χ1v) is 13.1. The van der Waals surface area contributed by atoms with Crippen molar-refractivity contribution in [3.63, 3.8) is 0 Å². The van der Waals surface area contributed by atoms with Crippen molar-refractivity contribution in [3.8, 4) is 5.75 Å². The highest BCUT2D eigenvalue weighted by Crippen LogP contribution is 2.42. The molecule has 0 heterocycles. The molecule has 42 heavy (non-hydrogen) atoms. The van der Waals surface area contributed by atoms with Crippen LogP contribution in [0.3, 0.4) is 0 Å². The van der Waals surface area contributed by atoms with E-state index in [9.17, 15) is 31.1 Å². The summed E-state index contributed by atoms with van der Waals surface area (Å²) >= 11 is 0. The maximum absolute atomic E-state index is 14.1. The van der Waals surface area contributed by atoms with Gasteiger partial charge in [-0.25, -0.2) is 5.84 Å². The summed E-state index contributed by atoms with van der Waals surface area (Å²) in [6.45, 7) is 1.66. The molecule has 0 saturated heterocycles. The fourth-order valence-electron chi connectivity index (χ4n) is 4.85. The number of carbonyl (C=O) groups is 1. The average molecular weight is 587 g/mol. The Morgan fingerprint density at radius 2 is 1.17 bits per heavy atom. The zero-order valence-electron chi connectivity index (χ0n) is 22.5. The Balaban J connectivity index is 1.99. The summed E-state index contributed by atoms with van der Waals surface area (Å²) in [5, 5.41) is 0.724. The molecule has 1 unspecified atom stereocenters. The Morgan fingerprint density at radius 3 is 1.62 bits per heavy atom. The number of alkyl halides is 6. The minimum Gasteiger partial charge on any atom is -0.481 e. The summed E-state index contributed by atoms with van der Waals surface area (Å²) in [4.78, 5) is 14.1. The fraction of sp³-hybridized carbons (Fsp3) is 0.219. The van der Waals surface area contributed by atoms with Crippen LogP contribution in [-0.2, 0) is 29.1 Å². The van der Waals surface area contributed by atoms with Gasteiger partial charge in [-0.3, -0.25) is 9.80 Å². The maximum Gasteiger partial charge on any atom is 0.416 e. The summed E-state index contributed by atoms with van der Waals surface area (Å²) < 4.78 is 89.3. The molecule has 10 heteroatoms. The van der Waals surface area contributed by atoms with E-state index in [0.29, 0.717) is 11.3 Å². The Morgan fingerprint density at radius 1 is 0.714 bits per heavy atom. The highest BCUT2D eigenvalue weighted by molar-refractivity contribution is 5.82. The van der Waals surface area contributed by atoms with Crippen LogP contribution in [0.1, 0.15) is 41.2 Å². The molecule has 4 aromatic rings. The molecule has 0 aliphatic rings. The highest BCUT2D eigenvalue weighted by Gasteiger charge is 2.46. The smallest absolute Gasteiger partial charge is 0.416 e. The molecule has 1 amide bonds. The van der Waals surface area contributed by atoms with Crippen LogP contribution in [0, 0.1) is 0 Å². The van der Waals surface area contributed by atoms with Gasteiger partial charge in [-0.2, -0.15) is 26.3 Å². The van der Waals surface area contributed by atoms with Crippen molar-refractivity contribution in [2.45, 2.75) is 43.8 Å². The van der Waals surface area contributed by atoms with Gasteiger partial charge in [-0.05, 0) is 59.5 Å². The molecule has 0 aliphatic carbocycles. The van der Waals surface area contributed by atoms with Gasteiger partial charge in [-0.15, -0.1) is 0 Å². The van der Waals surface area contributed by atoms with Crippen molar-refractivity contribution in [2.75, 3.05) is 0 Å². The van der Waals surface area contributed by atoms with Gasteiger partial charge in [0.05, 0.1) is 11.1 Å². The number of rotatable bonds is 9. The van der Waals surface area contributed by atoms with Crippen molar-refractivity contribution in [3.05, 3.63) is 137 Å². The lowest BCUT2D eigenvalue weighted by Crippen LogP contribution is -2.59. The zero-order valence-corrected chi connectivity index (χ0v) is 22.5. The van der Waals surface area contributed by atoms with Crippen LogP contribution in [0.15, 0.2) is 109 Å². The third kappa shape index (κ3) is 6.60. The topological polar surface area (TPSA) is 55.6 Å². The van der Waals surface area contributed by atoms with E-state index in [0.717, 1.165) is 41.4 Å². The molecule has 0 saturated carbocycles. The average Bonchev–Trinajstić information content (AvgIpc) is 2.98. The van der Waals surface area contributed by atoms with Crippen LogP contribution in [-0.4, -0.2) is 17.0 Å². The summed E-state index contributed by atoms with van der Waals surface area (Å²) in [5.41, 5.74) is -3.81. The van der Waals surface area contributed by atoms with Crippen LogP contribution in [0.5, 0.6) is 5.75 Å². The number of ether oxygens (including phenoxy) is 1. The highest BCUT2D eigenvalue weighted by atomic mass is 19.4. The van der Waals surface area contributed by atoms with Crippen LogP contribution >= 0.6 is 0 Å². The van der Waals surface area contributed by atoms with E-state index < -0.39 is 41.0 Å². The van der Waals surface area contributed by atoms with Gasteiger partial charge >= 0.3 is 12.4 Å². The summed E-state index contributed by atoms with van der Waals surface area (Å²) in [6.07, 6.45) is -10.8. The molecular weight excluding hydrogens is 558 g/mol. The SMILES string of the molecule is CCC(Oc1ccccc1)C(=O)N(N)C(Cc1ccccc1)(c1cccc(C(F)(F)F)c1)c1cccc(C(F)(F)F)c1. The van der Waals surface area contributed by atoms with Gasteiger partial charge < -0.3 is 4.74 Å². The number of nitrogens with two attached hydrogens (primary N) is 1. The van der Waals surface area contributed by atoms with Crippen LogP contribution in [0.2, 0.25) is 0 Å². The van der Waals surface area contributed by atoms with Crippen LogP contribution in [0.4, 0.5) is 26.3 Å². The van der Waals surface area contributed by atoms with Crippen molar-refractivity contribution >= 4 is 5.91 Å². The van der Waals surface area contributed by atoms with Gasteiger partial charge in [0.1, 0.15) is 11.3 Å². The number of hydrogen-bond donors (Lipinski definition) is 1. The predicted octanol–water partition coefficient (Wildman–Crippen LogP) is 7.77. The van der Waals surface area contributed by atoms with Gasteiger partial charge in [0.15, 0.2) is 6.10 Å². The van der Waals surface area contributed by atoms with E-state index in [-0.39, 0.29) is 24.0 Å². The number of hydrogen-bond acceptors (Lipinski definition) is 3. The van der Waals surface area contributed by atoms with Gasteiger partial charge in [0.25, 0.3) is 5.91 Å². The van der Waals surface area contributed by atoms with Crippen LogP contribution in [0.25, 0.3) is 0 Å². The van der Waals surface area contributed by atoms with Gasteiger partial charge in [-0.1, -0.05) is 79.7 Å². The van der Waals surface area contributed by atoms with Crippen molar-refractivity contribution in [2.24, 2.45) is 5.84 Å². The normalized spacial score (nSPS) is 13.0. The second kappa shape index (κ2) is 12.3. The number of hydrazine groups is 1. The molecule has 0 radical (unpaired) electrons. The molecule has 2 N–H and O–H groups in total. The maximum atomic E-state index is 14.1. The van der Waals surface area contributed by atoms with Crippen LogP contribution < -0.4 is 10.6 Å². The molecule has 0 spiro atoms. The molecule has 4 aromatic carbocycles. The predicted molar refractivity (Wildman–Crippen MR) is 146 cm³/mol. The summed E-state index contributed by atoms with van der Waals surface area (Å²) in [5.74, 6) is 6.12. The zero-order chi connectivity index (χ0) is 30.5. The van der Waals surface area contributed by atoms with E-state index in [2.05, 4.69) is 0 Å². The molecule has 1 atom stereocenters. The second-order valence-corrected chi connectivity index (χ2v) is 9.72. The number of halogens is 6. The first-order valence-electron chi connectivity index (χ1n) is 13.1. The monoisotopic (exact) mass is 586 g/mol. The Labute approximate surface area is 239 Å². The molecule has 220 valence electrons. The molecule has 0 bridgehead atoms. The third-order valence-electron chi connectivity index (χ3n) is 6.95. The minimum absolute atomic E-state index is 0.119. The quantitative estimate of drug-likeness (QED) is 0.0944. The fourth-order valence-corrected chi connectivity index (χ4v) is 4.85. The number of nitrogens with zero attached hydrogens (tertiary/aromatic N) is 1. The lowest BCUT2D eigenvalue weighted by atomic mass is 9.76. The first-order chi connectivity index (χ1) is 19.9. The first kappa shape index (κ1) is 30.6. The molecular formula is C32H28F6N2O2. The van der Waals surface area contributed by atoms with E-state index in [4.69, 9.17) is 10.6 Å². The number of carbonyl (C=O) groups excluding carboxylic acids is 1. The third-order valence-corrected chi connectivity index (χ3v) is 6.95. The molecule has 0 aliphatic heterocycles. The number of benzene rings is 4. The van der Waals surface area contributed by atoms with Gasteiger partial charge in [0, 0.05) is 6.42 Å². The standard InChI is InChI=1S/C32H28F6N2O2/c1-2-28(42-27-17-7-4-8-18-27)29(41)40(39)30(21-22-11-5-3-6-12-22,23-13-9-15-25(19-23)31(33,34)35)24-14-10-16-26(20-24)32(36,37)38/h3-20,28H,2,21,39H2,1H3. The molecule has 4 rings (SSSR count).